The molecule has 0 aliphatic carbocycles. The van der Waals surface area contributed by atoms with Crippen LogP contribution >= 0.6 is 0 Å². The van der Waals surface area contributed by atoms with Crippen molar-refractivity contribution in [2.75, 3.05) is 0 Å². The molecule has 1 aliphatic heterocycles. The summed E-state index contributed by atoms with van der Waals surface area (Å²) in [5, 5.41) is 0. The van der Waals surface area contributed by atoms with E-state index in [2.05, 4.69) is 0 Å². The maximum atomic E-state index is 5.94. The Hall–Kier alpha value is -2.94. The highest BCUT2D eigenvalue weighted by Crippen LogP contribution is 2.44. The number of benzene rings is 3. The summed E-state index contributed by atoms with van der Waals surface area (Å²) in [5.41, 5.74) is 0. The number of hydrogen-bond acceptors (Lipinski definition) is 3. The molecule has 3 nitrogen and oxygen atoms in total. The van der Waals surface area contributed by atoms with Crippen molar-refractivity contribution in [2.45, 2.75) is 0 Å². The van der Waals surface area contributed by atoms with Crippen LogP contribution < -0.4 is 14.2 Å². The van der Waals surface area contributed by atoms with Crippen molar-refractivity contribution < 1.29 is 14.2 Å². The molecule has 102 valence electrons. The van der Waals surface area contributed by atoms with Crippen molar-refractivity contribution in [3.8, 4) is 34.5 Å². The van der Waals surface area contributed by atoms with Crippen LogP contribution in [0, 0.1) is 0 Å². The van der Waals surface area contributed by atoms with E-state index in [9.17, 15) is 0 Å². The summed E-state index contributed by atoms with van der Waals surface area (Å²) >= 11 is 0. The van der Waals surface area contributed by atoms with Gasteiger partial charge >= 0.3 is 0 Å². The van der Waals surface area contributed by atoms with E-state index in [0.29, 0.717) is 34.5 Å². The third-order valence-corrected chi connectivity index (χ3v) is 3.21. The summed E-state index contributed by atoms with van der Waals surface area (Å²) < 4.78 is 17.8. The number of ether oxygens (including phenoxy) is 3. The standard InChI is InChI=1S/C18H12O3/c1-2-8-14-13(7-1)19-15-9-3-4-10-16(15)21-18-12-6-5-11-17(18)20-14/h1-12H. The molecule has 1 heterocycles. The molecule has 0 spiro atoms. The second-order valence-electron chi connectivity index (χ2n) is 4.65. The lowest BCUT2D eigenvalue weighted by atomic mass is 10.3. The van der Waals surface area contributed by atoms with E-state index >= 15 is 0 Å². The zero-order chi connectivity index (χ0) is 14.1. The molecule has 0 N–H and O–H groups in total. The van der Waals surface area contributed by atoms with E-state index in [1.165, 1.54) is 0 Å². The largest absolute Gasteiger partial charge is 0.450 e. The molecule has 3 heteroatoms. The Bertz CT molecular complexity index is 625. The number of hydrogen-bond donors (Lipinski definition) is 0. The predicted octanol–water partition coefficient (Wildman–Crippen LogP) is 5.38. The minimum atomic E-state index is 0.658. The van der Waals surface area contributed by atoms with Gasteiger partial charge in [0.25, 0.3) is 0 Å². The summed E-state index contributed by atoms with van der Waals surface area (Å²) in [5.74, 6) is 3.95. The Kier molecular flexibility index (Phi) is 2.75. The summed E-state index contributed by atoms with van der Waals surface area (Å²) in [6, 6.07) is 22.7. The summed E-state index contributed by atoms with van der Waals surface area (Å²) in [6.07, 6.45) is 0. The van der Waals surface area contributed by atoms with E-state index in [1.54, 1.807) is 0 Å². The lowest BCUT2D eigenvalue weighted by molar-refractivity contribution is 0.422. The molecule has 0 aromatic heterocycles. The van der Waals surface area contributed by atoms with E-state index in [4.69, 9.17) is 14.2 Å². The van der Waals surface area contributed by atoms with Crippen LogP contribution in [0.1, 0.15) is 0 Å². The highest BCUT2D eigenvalue weighted by atomic mass is 16.6. The summed E-state index contributed by atoms with van der Waals surface area (Å²) in [4.78, 5) is 0. The van der Waals surface area contributed by atoms with Gasteiger partial charge in [-0.1, -0.05) is 36.4 Å². The Morgan fingerprint density at radius 1 is 0.333 bits per heavy atom. The van der Waals surface area contributed by atoms with Crippen LogP contribution in [-0.4, -0.2) is 0 Å². The first-order valence-corrected chi connectivity index (χ1v) is 6.71. The van der Waals surface area contributed by atoms with E-state index in [1.807, 2.05) is 72.8 Å². The van der Waals surface area contributed by atoms with Crippen LogP contribution in [0.25, 0.3) is 0 Å². The van der Waals surface area contributed by atoms with Gasteiger partial charge < -0.3 is 14.2 Å². The second-order valence-corrected chi connectivity index (χ2v) is 4.65. The second kappa shape index (κ2) is 4.87. The fraction of sp³-hybridized carbons (Fsp3) is 0. The summed E-state index contributed by atoms with van der Waals surface area (Å²) in [6.45, 7) is 0. The molecule has 0 unspecified atom stereocenters. The molecular formula is C18H12O3. The smallest absolute Gasteiger partial charge is 0.170 e. The van der Waals surface area contributed by atoms with E-state index in [0.717, 1.165) is 0 Å². The fourth-order valence-electron chi connectivity index (χ4n) is 2.21. The maximum absolute atomic E-state index is 5.94. The summed E-state index contributed by atoms with van der Waals surface area (Å²) in [7, 11) is 0. The van der Waals surface area contributed by atoms with Gasteiger partial charge in [-0.05, 0) is 36.4 Å². The Balaban J connectivity index is 1.94. The molecule has 0 atom stereocenters. The molecule has 0 amide bonds. The molecule has 3 aromatic carbocycles. The average molecular weight is 276 g/mol. The van der Waals surface area contributed by atoms with Crippen molar-refractivity contribution in [2.24, 2.45) is 0 Å². The maximum Gasteiger partial charge on any atom is 0.170 e. The molecule has 21 heavy (non-hydrogen) atoms. The van der Waals surface area contributed by atoms with Gasteiger partial charge in [0.15, 0.2) is 34.5 Å². The molecule has 1 aliphatic rings. The molecule has 4 rings (SSSR count). The van der Waals surface area contributed by atoms with Crippen LogP contribution in [0.15, 0.2) is 72.8 Å². The van der Waals surface area contributed by atoms with Crippen LogP contribution in [0.2, 0.25) is 0 Å². The first-order chi connectivity index (χ1) is 10.4. The van der Waals surface area contributed by atoms with Gasteiger partial charge in [0.1, 0.15) is 0 Å². The lowest BCUT2D eigenvalue weighted by Gasteiger charge is -2.10. The molecule has 0 radical (unpaired) electrons. The van der Waals surface area contributed by atoms with Crippen molar-refractivity contribution in [1.82, 2.24) is 0 Å². The predicted molar refractivity (Wildman–Crippen MR) is 79.5 cm³/mol. The van der Waals surface area contributed by atoms with Gasteiger partial charge in [0, 0.05) is 0 Å². The van der Waals surface area contributed by atoms with Crippen LogP contribution in [-0.2, 0) is 0 Å². The molecule has 0 fully saturated rings. The molecular weight excluding hydrogens is 264 g/mol. The number of rotatable bonds is 0. The van der Waals surface area contributed by atoms with E-state index in [-0.39, 0.29) is 0 Å². The van der Waals surface area contributed by atoms with Gasteiger partial charge in [-0.15, -0.1) is 0 Å². The third-order valence-electron chi connectivity index (χ3n) is 3.21. The monoisotopic (exact) mass is 276 g/mol. The zero-order valence-corrected chi connectivity index (χ0v) is 11.2. The van der Waals surface area contributed by atoms with Gasteiger partial charge in [0.2, 0.25) is 0 Å². The third kappa shape index (κ3) is 2.19. The minimum Gasteiger partial charge on any atom is -0.450 e. The van der Waals surface area contributed by atoms with Crippen LogP contribution in [0.5, 0.6) is 34.5 Å². The number of para-hydroxylation sites is 6. The molecule has 0 bridgehead atoms. The zero-order valence-electron chi connectivity index (χ0n) is 11.2. The molecule has 0 saturated heterocycles. The Morgan fingerprint density at radius 3 is 0.714 bits per heavy atom. The Labute approximate surface area is 122 Å². The average Bonchev–Trinajstić information content (AvgIpc) is 2.59. The van der Waals surface area contributed by atoms with Crippen molar-refractivity contribution in [3.05, 3.63) is 72.8 Å². The molecule has 3 aromatic rings. The first kappa shape index (κ1) is 11.9. The fourth-order valence-corrected chi connectivity index (χ4v) is 2.21. The minimum absolute atomic E-state index is 0.658. The topological polar surface area (TPSA) is 27.7 Å². The van der Waals surface area contributed by atoms with Gasteiger partial charge in [-0.3, -0.25) is 0 Å². The highest BCUT2D eigenvalue weighted by molar-refractivity contribution is 5.54. The van der Waals surface area contributed by atoms with Crippen molar-refractivity contribution >= 4 is 0 Å². The van der Waals surface area contributed by atoms with Gasteiger partial charge in [0.05, 0.1) is 0 Å². The lowest BCUT2D eigenvalue weighted by Crippen LogP contribution is -1.88. The normalized spacial score (nSPS) is 12.0. The SMILES string of the molecule is c1ccc2c(c1)Oc1ccccc1Oc1ccccc1O2. The van der Waals surface area contributed by atoms with Crippen LogP contribution in [0.3, 0.4) is 0 Å². The van der Waals surface area contributed by atoms with Crippen LogP contribution in [0.4, 0.5) is 0 Å². The Morgan fingerprint density at radius 2 is 0.524 bits per heavy atom. The number of fused-ring (bicyclic) bond motifs is 3. The first-order valence-electron chi connectivity index (χ1n) is 6.71. The van der Waals surface area contributed by atoms with Gasteiger partial charge in [-0.2, -0.15) is 0 Å². The molecule has 0 saturated carbocycles. The van der Waals surface area contributed by atoms with Gasteiger partial charge in [-0.25, -0.2) is 0 Å². The van der Waals surface area contributed by atoms with Crippen molar-refractivity contribution in [3.63, 3.8) is 0 Å². The van der Waals surface area contributed by atoms with Crippen molar-refractivity contribution in [1.29, 1.82) is 0 Å². The highest BCUT2D eigenvalue weighted by Gasteiger charge is 2.16. The van der Waals surface area contributed by atoms with E-state index < -0.39 is 0 Å². The quantitative estimate of drug-likeness (QED) is 0.431.